The lowest BCUT2D eigenvalue weighted by Gasteiger charge is -2.23. The molecule has 0 unspecified atom stereocenters. The lowest BCUT2D eigenvalue weighted by atomic mass is 9.86. The number of nitrogens with zero attached hydrogens (tertiary/aromatic N) is 1. The maximum Gasteiger partial charge on any atom is 0.319 e. The number of rotatable bonds is 5. The second-order valence-electron chi connectivity index (χ2n) is 6.33. The van der Waals surface area contributed by atoms with Gasteiger partial charge >= 0.3 is 6.03 Å². The zero-order valence-corrected chi connectivity index (χ0v) is 13.3. The number of anilines is 1. The molecule has 0 bridgehead atoms. The molecule has 1 aromatic carbocycles. The Morgan fingerprint density at radius 2 is 1.85 bits per heavy atom. The summed E-state index contributed by atoms with van der Waals surface area (Å²) in [5.74, 6) is 0. The fraction of sp³-hybridized carbons (Fsp3) is 0.562. The van der Waals surface area contributed by atoms with Gasteiger partial charge in [0.1, 0.15) is 0 Å². The Balaban J connectivity index is 2.54. The molecule has 0 heterocycles. The van der Waals surface area contributed by atoms with Gasteiger partial charge in [-0.05, 0) is 44.1 Å². The van der Waals surface area contributed by atoms with Crippen LogP contribution in [-0.2, 0) is 5.41 Å². The van der Waals surface area contributed by atoms with Crippen molar-refractivity contribution in [2.75, 3.05) is 32.5 Å². The first-order valence-electron chi connectivity index (χ1n) is 7.10. The van der Waals surface area contributed by atoms with Crippen LogP contribution in [0.4, 0.5) is 10.5 Å². The minimum atomic E-state index is -0.138. The molecule has 1 aromatic rings. The monoisotopic (exact) mass is 277 g/mol. The molecule has 0 aliphatic carbocycles. The predicted molar refractivity (Wildman–Crippen MR) is 85.3 cm³/mol. The molecule has 0 aromatic heterocycles. The normalized spacial score (nSPS) is 11.5. The number of carbonyl (C=O) groups excluding carboxylic acids is 1. The zero-order valence-electron chi connectivity index (χ0n) is 13.3. The first-order chi connectivity index (χ1) is 9.30. The van der Waals surface area contributed by atoms with Crippen molar-refractivity contribution in [2.24, 2.45) is 0 Å². The minimum Gasteiger partial charge on any atom is -0.338 e. The fourth-order valence-electron chi connectivity index (χ4n) is 2.01. The maximum absolute atomic E-state index is 11.9. The highest BCUT2D eigenvalue weighted by Crippen LogP contribution is 2.28. The van der Waals surface area contributed by atoms with E-state index in [-0.39, 0.29) is 11.4 Å². The van der Waals surface area contributed by atoms with E-state index in [0.717, 1.165) is 24.2 Å². The summed E-state index contributed by atoms with van der Waals surface area (Å²) in [5.41, 5.74) is 2.03. The summed E-state index contributed by atoms with van der Waals surface area (Å²) < 4.78 is 0. The molecular weight excluding hydrogens is 250 g/mol. The zero-order chi connectivity index (χ0) is 15.2. The quantitative estimate of drug-likeness (QED) is 0.812. The van der Waals surface area contributed by atoms with Gasteiger partial charge in [0.25, 0.3) is 0 Å². The predicted octanol–water partition coefficient (Wildman–Crippen LogP) is 3.06. The first-order valence-corrected chi connectivity index (χ1v) is 7.10. The summed E-state index contributed by atoms with van der Waals surface area (Å²) in [6, 6.07) is 7.81. The third-order valence-electron chi connectivity index (χ3n) is 3.05. The van der Waals surface area contributed by atoms with Crippen LogP contribution >= 0.6 is 0 Å². The first kappa shape index (κ1) is 16.5. The highest BCUT2D eigenvalue weighted by atomic mass is 16.2. The van der Waals surface area contributed by atoms with E-state index in [1.807, 2.05) is 32.3 Å². The van der Waals surface area contributed by atoms with Gasteiger partial charge in [-0.25, -0.2) is 4.79 Å². The molecule has 0 fully saturated rings. The number of benzene rings is 1. The fourth-order valence-corrected chi connectivity index (χ4v) is 2.01. The van der Waals surface area contributed by atoms with Gasteiger partial charge < -0.3 is 15.5 Å². The summed E-state index contributed by atoms with van der Waals surface area (Å²) >= 11 is 0. The largest absolute Gasteiger partial charge is 0.338 e. The number of hydrogen-bond acceptors (Lipinski definition) is 2. The summed E-state index contributed by atoms with van der Waals surface area (Å²) in [6.45, 7) is 8.08. The third-order valence-corrected chi connectivity index (χ3v) is 3.05. The van der Waals surface area contributed by atoms with E-state index in [2.05, 4.69) is 42.4 Å². The molecule has 0 atom stereocenters. The third kappa shape index (κ3) is 5.61. The average Bonchev–Trinajstić information content (AvgIpc) is 2.34. The van der Waals surface area contributed by atoms with Gasteiger partial charge in [-0.1, -0.05) is 39.0 Å². The number of hydrogen-bond donors (Lipinski definition) is 2. The smallest absolute Gasteiger partial charge is 0.319 e. The molecule has 0 radical (unpaired) electrons. The van der Waals surface area contributed by atoms with E-state index in [4.69, 9.17) is 0 Å². The van der Waals surface area contributed by atoms with Gasteiger partial charge in [-0.2, -0.15) is 0 Å². The lowest BCUT2D eigenvalue weighted by molar-refractivity contribution is 0.251. The Kier molecular flexibility index (Phi) is 6.02. The van der Waals surface area contributed by atoms with Crippen LogP contribution in [0.25, 0.3) is 0 Å². The molecule has 2 amide bonds. The van der Waals surface area contributed by atoms with Crippen molar-refractivity contribution in [2.45, 2.75) is 32.6 Å². The Morgan fingerprint density at radius 3 is 2.45 bits per heavy atom. The van der Waals surface area contributed by atoms with Crippen LogP contribution in [-0.4, -0.2) is 38.1 Å². The Bertz CT molecular complexity index is 436. The SMILES string of the molecule is CN(C)CCCNC(=O)Nc1ccccc1C(C)(C)C. The number of urea groups is 1. The molecule has 20 heavy (non-hydrogen) atoms. The summed E-state index contributed by atoms with van der Waals surface area (Å²) in [6.07, 6.45) is 0.946. The van der Waals surface area contributed by atoms with Crippen molar-refractivity contribution in [3.8, 4) is 0 Å². The Labute approximate surface area is 122 Å². The molecule has 112 valence electrons. The van der Waals surface area contributed by atoms with Gasteiger partial charge in [0.05, 0.1) is 0 Å². The highest BCUT2D eigenvalue weighted by Gasteiger charge is 2.18. The number of amides is 2. The second kappa shape index (κ2) is 7.29. The van der Waals surface area contributed by atoms with Crippen molar-refractivity contribution in [1.29, 1.82) is 0 Å². The van der Waals surface area contributed by atoms with Crippen LogP contribution in [0.5, 0.6) is 0 Å². The molecular formula is C16H27N3O. The molecule has 2 N–H and O–H groups in total. The maximum atomic E-state index is 11.9. The second-order valence-corrected chi connectivity index (χ2v) is 6.33. The summed E-state index contributed by atoms with van der Waals surface area (Å²) in [7, 11) is 4.05. The number of carbonyl (C=O) groups is 1. The molecule has 4 nitrogen and oxygen atoms in total. The molecule has 1 rings (SSSR count). The Hall–Kier alpha value is -1.55. The molecule has 0 spiro atoms. The highest BCUT2D eigenvalue weighted by molar-refractivity contribution is 5.90. The molecule has 0 aliphatic heterocycles. The van der Waals surface area contributed by atoms with Crippen molar-refractivity contribution < 1.29 is 4.79 Å². The van der Waals surface area contributed by atoms with E-state index >= 15 is 0 Å². The topological polar surface area (TPSA) is 44.4 Å². The van der Waals surface area contributed by atoms with Crippen molar-refractivity contribution in [3.05, 3.63) is 29.8 Å². The van der Waals surface area contributed by atoms with Crippen LogP contribution in [0.3, 0.4) is 0 Å². The molecule has 0 saturated heterocycles. The van der Waals surface area contributed by atoms with Crippen LogP contribution in [0.1, 0.15) is 32.8 Å². The molecule has 0 aliphatic rings. The van der Waals surface area contributed by atoms with E-state index in [9.17, 15) is 4.79 Å². The van der Waals surface area contributed by atoms with Crippen LogP contribution in [0.15, 0.2) is 24.3 Å². The standard InChI is InChI=1S/C16H27N3O/c1-16(2,3)13-9-6-7-10-14(13)18-15(20)17-11-8-12-19(4)5/h6-7,9-10H,8,11-12H2,1-5H3,(H2,17,18,20). The molecule has 4 heteroatoms. The van der Waals surface area contributed by atoms with Gasteiger partial charge in [0.2, 0.25) is 0 Å². The van der Waals surface area contributed by atoms with Crippen molar-refractivity contribution >= 4 is 11.7 Å². The average molecular weight is 277 g/mol. The minimum absolute atomic E-state index is 0.00873. The van der Waals surface area contributed by atoms with Gasteiger partial charge in [-0.3, -0.25) is 0 Å². The number of para-hydroxylation sites is 1. The van der Waals surface area contributed by atoms with Gasteiger partial charge in [-0.15, -0.1) is 0 Å². The van der Waals surface area contributed by atoms with E-state index < -0.39 is 0 Å². The van der Waals surface area contributed by atoms with E-state index in [1.165, 1.54) is 0 Å². The number of nitrogens with one attached hydrogen (secondary N) is 2. The van der Waals surface area contributed by atoms with Crippen molar-refractivity contribution in [3.63, 3.8) is 0 Å². The summed E-state index contributed by atoms with van der Waals surface area (Å²) in [4.78, 5) is 14.0. The van der Waals surface area contributed by atoms with E-state index in [0.29, 0.717) is 6.54 Å². The molecule has 0 saturated carbocycles. The summed E-state index contributed by atoms with van der Waals surface area (Å²) in [5, 5.41) is 5.83. The Morgan fingerprint density at radius 1 is 1.20 bits per heavy atom. The van der Waals surface area contributed by atoms with Crippen LogP contribution < -0.4 is 10.6 Å². The van der Waals surface area contributed by atoms with Crippen molar-refractivity contribution in [1.82, 2.24) is 10.2 Å². The van der Waals surface area contributed by atoms with Crippen LogP contribution in [0.2, 0.25) is 0 Å². The van der Waals surface area contributed by atoms with E-state index in [1.54, 1.807) is 0 Å². The van der Waals surface area contributed by atoms with Crippen LogP contribution in [0, 0.1) is 0 Å². The lowest BCUT2D eigenvalue weighted by Crippen LogP contribution is -2.32. The van der Waals surface area contributed by atoms with Gasteiger partial charge in [0.15, 0.2) is 0 Å². The van der Waals surface area contributed by atoms with Gasteiger partial charge in [0, 0.05) is 12.2 Å².